The molecule has 0 aliphatic heterocycles. The minimum Gasteiger partial charge on any atom is -0.508 e. The fraction of sp³-hybridized carbons (Fsp3) is 0.333. The first-order valence-corrected chi connectivity index (χ1v) is 11.0. The van der Waals surface area contributed by atoms with Gasteiger partial charge >= 0.3 is 0 Å². The predicted octanol–water partition coefficient (Wildman–Crippen LogP) is -0.705. The van der Waals surface area contributed by atoms with Crippen molar-refractivity contribution in [1.82, 2.24) is 20.9 Å². The smallest absolute Gasteiger partial charge is 0.242 e. The molecule has 0 radical (unpaired) electrons. The molecule has 1 aromatic carbocycles. The van der Waals surface area contributed by atoms with Crippen LogP contribution in [0.25, 0.3) is 0 Å². The topological polar surface area (TPSA) is 193 Å². The van der Waals surface area contributed by atoms with Gasteiger partial charge in [-0.2, -0.15) is 0 Å². The molecule has 0 fully saturated rings. The third-order valence-corrected chi connectivity index (χ3v) is 5.48. The first-order chi connectivity index (χ1) is 16.1. The molecule has 0 spiro atoms. The second kappa shape index (κ2) is 12.3. The zero-order valence-corrected chi connectivity index (χ0v) is 19.3. The number of phenols is 1. The quantitative estimate of drug-likeness (QED) is 0.210. The van der Waals surface area contributed by atoms with Crippen molar-refractivity contribution in [1.29, 1.82) is 0 Å². The van der Waals surface area contributed by atoms with Gasteiger partial charge in [0.25, 0.3) is 0 Å². The number of hydrogen-bond donors (Lipinski definition) is 6. The lowest BCUT2D eigenvalue weighted by Crippen LogP contribution is -2.55. The largest absolute Gasteiger partial charge is 0.508 e. The Morgan fingerprint density at radius 3 is 2.26 bits per heavy atom. The van der Waals surface area contributed by atoms with Crippen molar-refractivity contribution < 1.29 is 29.1 Å². The fourth-order valence-corrected chi connectivity index (χ4v) is 3.35. The van der Waals surface area contributed by atoms with Gasteiger partial charge in [0.2, 0.25) is 23.6 Å². The monoisotopic (exact) mass is 490 g/mol. The number of thiazole rings is 1. The highest BCUT2D eigenvalue weighted by molar-refractivity contribution is 7.17. The van der Waals surface area contributed by atoms with Crippen LogP contribution in [0.5, 0.6) is 5.75 Å². The van der Waals surface area contributed by atoms with E-state index in [2.05, 4.69) is 26.3 Å². The van der Waals surface area contributed by atoms with Crippen LogP contribution in [0.2, 0.25) is 0 Å². The second-order valence-electron chi connectivity index (χ2n) is 7.39. The molecule has 0 bridgehead atoms. The number of aromatic hydroxyl groups is 1. The lowest BCUT2D eigenvalue weighted by molar-refractivity contribution is -0.132. The lowest BCUT2D eigenvalue weighted by Gasteiger charge is -2.21. The summed E-state index contributed by atoms with van der Waals surface area (Å²) in [5.41, 5.74) is 6.05. The fourth-order valence-electron chi connectivity index (χ4n) is 2.73. The molecule has 1 aromatic heterocycles. The van der Waals surface area contributed by atoms with Crippen LogP contribution in [0.1, 0.15) is 29.1 Å². The zero-order chi connectivity index (χ0) is 25.3. The van der Waals surface area contributed by atoms with Gasteiger partial charge in [0.15, 0.2) is 11.4 Å². The molecule has 0 saturated carbocycles. The maximum absolute atomic E-state index is 12.5. The van der Waals surface area contributed by atoms with Crippen molar-refractivity contribution in [3.8, 4) is 5.75 Å². The molecule has 182 valence electrons. The summed E-state index contributed by atoms with van der Waals surface area (Å²) in [6.07, 6.45) is 2.12. The molecule has 3 atom stereocenters. The second-order valence-corrected chi connectivity index (χ2v) is 8.46. The van der Waals surface area contributed by atoms with Crippen molar-refractivity contribution in [2.75, 3.05) is 11.9 Å². The standard InChI is InChI=1S/C21H26N6O6S/c1-11(25-17(30)9-24-21-23-8-15(10-28)34-21)19(32)26-12(2)20(33)27-16(18(22)31)7-13-3-5-14(29)6-4-13/h3-6,8,10-12,16,29H,7,9H2,1-2H3,(H2,22,31)(H,23,24)(H,25,30)(H,26,32)(H,27,33). The number of nitrogens with one attached hydrogen (secondary N) is 4. The molecule has 2 aromatic rings. The maximum Gasteiger partial charge on any atom is 0.242 e. The van der Waals surface area contributed by atoms with E-state index in [0.717, 1.165) is 11.3 Å². The molecule has 2 rings (SSSR count). The number of nitrogens with two attached hydrogens (primary N) is 1. The van der Waals surface area contributed by atoms with E-state index in [1.807, 2.05) is 0 Å². The molecule has 13 heteroatoms. The van der Waals surface area contributed by atoms with E-state index in [9.17, 15) is 29.1 Å². The number of aldehydes is 1. The number of rotatable bonds is 12. The van der Waals surface area contributed by atoms with Gasteiger partial charge in [-0.1, -0.05) is 23.5 Å². The number of primary amides is 1. The summed E-state index contributed by atoms with van der Waals surface area (Å²) in [4.78, 5) is 63.6. The van der Waals surface area contributed by atoms with Crippen molar-refractivity contribution in [3.05, 3.63) is 40.9 Å². The van der Waals surface area contributed by atoms with E-state index < -0.39 is 41.8 Å². The Bertz CT molecular complexity index is 1040. The highest BCUT2D eigenvalue weighted by Gasteiger charge is 2.25. The molecule has 0 aliphatic carbocycles. The van der Waals surface area contributed by atoms with Crippen molar-refractivity contribution in [2.45, 2.75) is 38.4 Å². The minimum absolute atomic E-state index is 0.0620. The van der Waals surface area contributed by atoms with E-state index >= 15 is 0 Å². The molecule has 12 nitrogen and oxygen atoms in total. The number of carbonyl (C=O) groups excluding carboxylic acids is 5. The molecule has 4 amide bonds. The summed E-state index contributed by atoms with van der Waals surface area (Å²) in [6, 6.07) is 3.10. The van der Waals surface area contributed by atoms with Crippen LogP contribution in [0, 0.1) is 0 Å². The van der Waals surface area contributed by atoms with Gasteiger partial charge in [-0.05, 0) is 31.5 Å². The third kappa shape index (κ3) is 8.16. The average Bonchev–Trinajstić information content (AvgIpc) is 3.26. The Labute approximate surface area is 199 Å². The Hall–Kier alpha value is -4.00. The SMILES string of the molecule is CC(NC(=O)CNc1ncc(C=O)s1)C(=O)NC(C)C(=O)NC(Cc1ccc(O)cc1)C(N)=O. The Kier molecular flexibility index (Phi) is 9.49. The summed E-state index contributed by atoms with van der Waals surface area (Å²) in [5, 5.41) is 19.9. The van der Waals surface area contributed by atoms with Crippen LogP contribution in [0.4, 0.5) is 5.13 Å². The molecule has 0 aliphatic rings. The van der Waals surface area contributed by atoms with Crippen LogP contribution < -0.4 is 27.0 Å². The van der Waals surface area contributed by atoms with Crippen LogP contribution in [0.3, 0.4) is 0 Å². The van der Waals surface area contributed by atoms with E-state index in [-0.39, 0.29) is 18.7 Å². The van der Waals surface area contributed by atoms with Gasteiger partial charge in [-0.15, -0.1) is 0 Å². The number of carbonyl (C=O) groups is 5. The van der Waals surface area contributed by atoms with Crippen molar-refractivity contribution in [2.24, 2.45) is 5.73 Å². The lowest BCUT2D eigenvalue weighted by atomic mass is 10.0. The van der Waals surface area contributed by atoms with E-state index in [4.69, 9.17) is 5.73 Å². The molecule has 3 unspecified atom stereocenters. The molecule has 34 heavy (non-hydrogen) atoms. The minimum atomic E-state index is -1.02. The Morgan fingerprint density at radius 1 is 1.06 bits per heavy atom. The van der Waals surface area contributed by atoms with E-state index in [1.54, 1.807) is 12.1 Å². The molecule has 1 heterocycles. The molecule has 0 saturated heterocycles. The highest BCUT2D eigenvalue weighted by atomic mass is 32.1. The van der Waals surface area contributed by atoms with Gasteiger partial charge in [0.1, 0.15) is 23.9 Å². The third-order valence-electron chi connectivity index (χ3n) is 4.60. The first kappa shape index (κ1) is 26.3. The first-order valence-electron chi connectivity index (χ1n) is 10.2. The number of phenolic OH excluding ortho intramolecular Hbond substituents is 1. The van der Waals surface area contributed by atoms with E-state index in [0.29, 0.717) is 21.9 Å². The highest BCUT2D eigenvalue weighted by Crippen LogP contribution is 2.15. The normalized spacial score (nSPS) is 13.1. The summed E-state index contributed by atoms with van der Waals surface area (Å²) in [6.45, 7) is 2.70. The van der Waals surface area contributed by atoms with Gasteiger partial charge in [0, 0.05) is 6.42 Å². The molecular weight excluding hydrogens is 464 g/mol. The van der Waals surface area contributed by atoms with Crippen LogP contribution in [0.15, 0.2) is 30.5 Å². The summed E-state index contributed by atoms with van der Waals surface area (Å²) in [7, 11) is 0. The maximum atomic E-state index is 12.5. The summed E-state index contributed by atoms with van der Waals surface area (Å²) in [5.74, 6) is -2.43. The zero-order valence-electron chi connectivity index (χ0n) is 18.5. The summed E-state index contributed by atoms with van der Waals surface area (Å²) < 4.78 is 0. The number of hydrogen-bond acceptors (Lipinski definition) is 9. The van der Waals surface area contributed by atoms with Crippen molar-refractivity contribution in [3.63, 3.8) is 0 Å². The van der Waals surface area contributed by atoms with Crippen molar-refractivity contribution >= 4 is 46.4 Å². The molecular formula is C21H26N6O6S. The number of aromatic nitrogens is 1. The van der Waals surface area contributed by atoms with Gasteiger partial charge in [-0.3, -0.25) is 24.0 Å². The van der Waals surface area contributed by atoms with Crippen LogP contribution >= 0.6 is 11.3 Å². The van der Waals surface area contributed by atoms with Gasteiger partial charge in [0.05, 0.1) is 17.6 Å². The average molecular weight is 491 g/mol. The van der Waals surface area contributed by atoms with E-state index in [1.165, 1.54) is 32.2 Å². The van der Waals surface area contributed by atoms with Gasteiger partial charge in [-0.25, -0.2) is 4.98 Å². The van der Waals surface area contributed by atoms with Crippen LogP contribution in [-0.2, 0) is 25.6 Å². The van der Waals surface area contributed by atoms with Crippen LogP contribution in [-0.4, -0.2) is 64.7 Å². The number of benzene rings is 1. The Balaban J connectivity index is 1.81. The molecule has 7 N–H and O–H groups in total. The predicted molar refractivity (Wildman–Crippen MR) is 124 cm³/mol. The number of anilines is 1. The Morgan fingerprint density at radius 2 is 1.68 bits per heavy atom. The number of nitrogens with zero attached hydrogens (tertiary/aromatic N) is 1. The summed E-state index contributed by atoms with van der Waals surface area (Å²) >= 11 is 1.08. The van der Waals surface area contributed by atoms with Gasteiger partial charge < -0.3 is 32.1 Å². The number of amides is 4.